The summed E-state index contributed by atoms with van der Waals surface area (Å²) >= 11 is 3.57. The molecule has 0 saturated carbocycles. The number of rotatable bonds is 1. The lowest BCUT2D eigenvalue weighted by Crippen LogP contribution is -2.36. The van der Waals surface area contributed by atoms with Crippen molar-refractivity contribution in [2.24, 2.45) is 5.41 Å². The number of imide groups is 1. The monoisotopic (exact) mass is 441 g/mol. The minimum atomic E-state index is -0.737. The molecular weight excluding hydrogens is 429 g/mol. The molecule has 1 N–H and O–H groups in total. The summed E-state index contributed by atoms with van der Waals surface area (Å²) in [7, 11) is 0. The highest BCUT2D eigenvalue weighted by Gasteiger charge is 2.52. The third kappa shape index (κ3) is 2.44. The zero-order chi connectivity index (χ0) is 16.2. The summed E-state index contributed by atoms with van der Waals surface area (Å²) in [5, 5.41) is 2.78. The summed E-state index contributed by atoms with van der Waals surface area (Å²) < 4.78 is 2.04. The van der Waals surface area contributed by atoms with Crippen LogP contribution in [0.2, 0.25) is 0 Å². The van der Waals surface area contributed by atoms with Gasteiger partial charge in [-0.3, -0.25) is 19.7 Å². The second kappa shape index (κ2) is 5.23. The lowest BCUT2D eigenvalue weighted by Gasteiger charge is -2.19. The van der Waals surface area contributed by atoms with E-state index in [0.717, 1.165) is 13.8 Å². The summed E-state index contributed by atoms with van der Waals surface area (Å²) in [5.74, 6) is -0.666. The lowest BCUT2D eigenvalue weighted by molar-refractivity contribution is -0.128. The molecule has 118 valence electrons. The second-order valence-electron chi connectivity index (χ2n) is 5.94. The predicted octanol–water partition coefficient (Wildman–Crippen LogP) is 1.78. The van der Waals surface area contributed by atoms with Gasteiger partial charge in [-0.15, -0.1) is 11.3 Å². The first-order valence-electron chi connectivity index (χ1n) is 7.17. The average molecular weight is 441 g/mol. The van der Waals surface area contributed by atoms with Gasteiger partial charge < -0.3 is 4.90 Å². The number of likely N-dealkylation sites (tertiary alicyclic amines) is 1. The Labute approximate surface area is 149 Å². The number of nitrogens with zero attached hydrogens (tertiary/aromatic N) is 2. The van der Waals surface area contributed by atoms with Crippen LogP contribution in [0, 0.1) is 8.99 Å². The van der Waals surface area contributed by atoms with E-state index in [2.05, 4.69) is 32.9 Å². The van der Waals surface area contributed by atoms with Gasteiger partial charge in [-0.05, 0) is 47.2 Å². The van der Waals surface area contributed by atoms with E-state index in [1.54, 1.807) is 4.90 Å². The Morgan fingerprint density at radius 3 is 2.96 bits per heavy atom. The quantitative estimate of drug-likeness (QED) is 0.541. The van der Waals surface area contributed by atoms with Crippen LogP contribution in [0.3, 0.4) is 0 Å². The van der Waals surface area contributed by atoms with Crippen LogP contribution in [0.5, 0.6) is 0 Å². The highest BCUT2D eigenvalue weighted by atomic mass is 127. The van der Waals surface area contributed by atoms with Crippen LogP contribution >= 0.6 is 33.9 Å². The molecular formula is C15H12IN3O3S. The van der Waals surface area contributed by atoms with Crippen molar-refractivity contribution in [2.75, 3.05) is 13.1 Å². The molecule has 6 nitrogen and oxygen atoms in total. The first kappa shape index (κ1) is 15.0. The lowest BCUT2D eigenvalue weighted by atomic mass is 9.85. The van der Waals surface area contributed by atoms with Gasteiger partial charge in [0.1, 0.15) is 0 Å². The minimum Gasteiger partial charge on any atom is -0.335 e. The van der Waals surface area contributed by atoms with Gasteiger partial charge in [0, 0.05) is 23.1 Å². The zero-order valence-electron chi connectivity index (χ0n) is 12.0. The highest BCUT2D eigenvalue weighted by molar-refractivity contribution is 14.1. The molecule has 2 aliphatic heterocycles. The molecule has 0 bridgehead atoms. The molecule has 2 saturated heterocycles. The normalized spacial score (nSPS) is 24.0. The number of carbonyl (C=O) groups is 3. The van der Waals surface area contributed by atoms with E-state index in [1.165, 1.54) is 11.3 Å². The first-order valence-corrected chi connectivity index (χ1v) is 9.06. The summed E-state index contributed by atoms with van der Waals surface area (Å²) in [6.07, 6.45) is 0.701. The number of amides is 3. The molecule has 8 heteroatoms. The fourth-order valence-electron chi connectivity index (χ4n) is 3.19. The number of halogens is 1. The van der Waals surface area contributed by atoms with Gasteiger partial charge in [-0.2, -0.15) is 0 Å². The maximum Gasteiger partial charge on any atom is 0.282 e. The van der Waals surface area contributed by atoms with E-state index >= 15 is 0 Å². The van der Waals surface area contributed by atoms with E-state index in [1.807, 2.05) is 18.2 Å². The van der Waals surface area contributed by atoms with E-state index in [0.29, 0.717) is 18.0 Å². The van der Waals surface area contributed by atoms with Gasteiger partial charge in [-0.25, -0.2) is 4.98 Å². The SMILES string of the molecule is O=C1CC2(CCN(C(=O)c3nc4cc(I)ccc4s3)C2)C(=O)N1. The summed E-state index contributed by atoms with van der Waals surface area (Å²) in [4.78, 5) is 42.2. The molecule has 4 rings (SSSR count). The fourth-order valence-corrected chi connectivity index (χ4v) is 4.58. The Morgan fingerprint density at radius 2 is 2.22 bits per heavy atom. The number of carbonyl (C=O) groups excluding carboxylic acids is 3. The summed E-state index contributed by atoms with van der Waals surface area (Å²) in [6, 6.07) is 5.88. The smallest absolute Gasteiger partial charge is 0.282 e. The minimum absolute atomic E-state index is 0.162. The van der Waals surface area contributed by atoms with E-state index < -0.39 is 5.41 Å². The van der Waals surface area contributed by atoms with Crippen molar-refractivity contribution in [1.29, 1.82) is 0 Å². The molecule has 2 aromatic rings. The molecule has 2 fully saturated rings. The van der Waals surface area contributed by atoms with Crippen molar-refractivity contribution < 1.29 is 14.4 Å². The Bertz CT molecular complexity index is 865. The van der Waals surface area contributed by atoms with Gasteiger partial charge in [0.05, 0.1) is 15.6 Å². The van der Waals surface area contributed by atoms with Crippen molar-refractivity contribution in [1.82, 2.24) is 15.2 Å². The molecule has 1 aromatic carbocycles. The average Bonchev–Trinajstić information content (AvgIpc) is 3.17. The number of hydrogen-bond donors (Lipinski definition) is 1. The summed E-state index contributed by atoms with van der Waals surface area (Å²) in [6.45, 7) is 0.768. The van der Waals surface area contributed by atoms with E-state index in [9.17, 15) is 14.4 Å². The maximum atomic E-state index is 12.7. The number of aromatic nitrogens is 1. The largest absolute Gasteiger partial charge is 0.335 e. The zero-order valence-corrected chi connectivity index (χ0v) is 14.9. The second-order valence-corrected chi connectivity index (χ2v) is 8.22. The molecule has 1 aromatic heterocycles. The molecule has 0 aliphatic carbocycles. The van der Waals surface area contributed by atoms with Gasteiger partial charge in [-0.1, -0.05) is 0 Å². The van der Waals surface area contributed by atoms with Crippen LogP contribution in [0.4, 0.5) is 0 Å². The Morgan fingerprint density at radius 1 is 1.39 bits per heavy atom. The Hall–Kier alpha value is -1.55. The molecule has 3 amide bonds. The van der Waals surface area contributed by atoms with Gasteiger partial charge in [0.2, 0.25) is 11.8 Å². The maximum absolute atomic E-state index is 12.7. The van der Waals surface area contributed by atoms with Crippen LogP contribution < -0.4 is 5.32 Å². The number of benzene rings is 1. The van der Waals surface area contributed by atoms with Gasteiger partial charge in [0.25, 0.3) is 5.91 Å². The van der Waals surface area contributed by atoms with Crippen molar-refractivity contribution >= 4 is 61.9 Å². The Balaban J connectivity index is 1.59. The van der Waals surface area contributed by atoms with Crippen LogP contribution in [-0.2, 0) is 9.59 Å². The van der Waals surface area contributed by atoms with Crippen molar-refractivity contribution in [2.45, 2.75) is 12.8 Å². The third-order valence-electron chi connectivity index (χ3n) is 4.41. The molecule has 23 heavy (non-hydrogen) atoms. The standard InChI is InChI=1S/C15H12IN3O3S/c16-8-1-2-10-9(5-8)17-12(23-10)13(21)19-4-3-15(7-19)6-11(20)18-14(15)22/h1-2,5H,3-4,6-7H2,(H,18,20,22). The number of nitrogens with one attached hydrogen (secondary N) is 1. The Kier molecular flexibility index (Phi) is 3.41. The highest BCUT2D eigenvalue weighted by Crippen LogP contribution is 2.38. The van der Waals surface area contributed by atoms with E-state index in [4.69, 9.17) is 0 Å². The van der Waals surface area contributed by atoms with Crippen molar-refractivity contribution in [3.05, 3.63) is 26.8 Å². The molecule has 1 atom stereocenters. The van der Waals surface area contributed by atoms with Crippen LogP contribution in [0.15, 0.2) is 18.2 Å². The fraction of sp³-hybridized carbons (Fsp3) is 0.333. The first-order chi connectivity index (χ1) is 11.0. The van der Waals surface area contributed by atoms with Gasteiger partial charge >= 0.3 is 0 Å². The third-order valence-corrected chi connectivity index (χ3v) is 6.10. The predicted molar refractivity (Wildman–Crippen MR) is 93.1 cm³/mol. The van der Waals surface area contributed by atoms with Gasteiger partial charge in [0.15, 0.2) is 5.01 Å². The summed E-state index contributed by atoms with van der Waals surface area (Å²) in [5.41, 5.74) is 0.0756. The molecule has 0 radical (unpaired) electrons. The van der Waals surface area contributed by atoms with Crippen molar-refractivity contribution in [3.63, 3.8) is 0 Å². The van der Waals surface area contributed by atoms with Crippen LogP contribution in [-0.4, -0.2) is 40.7 Å². The van der Waals surface area contributed by atoms with E-state index in [-0.39, 0.29) is 30.7 Å². The topological polar surface area (TPSA) is 79.4 Å². The number of hydrogen-bond acceptors (Lipinski definition) is 5. The molecule has 3 heterocycles. The molecule has 2 aliphatic rings. The number of fused-ring (bicyclic) bond motifs is 1. The van der Waals surface area contributed by atoms with Crippen LogP contribution in [0.25, 0.3) is 10.2 Å². The van der Waals surface area contributed by atoms with Crippen molar-refractivity contribution in [3.8, 4) is 0 Å². The molecule has 1 unspecified atom stereocenters. The number of thiazole rings is 1. The molecule has 1 spiro atoms. The van der Waals surface area contributed by atoms with Crippen LogP contribution in [0.1, 0.15) is 22.6 Å².